The monoisotopic (exact) mass is 492 g/mol. The minimum Gasteiger partial charge on any atom is -0.371 e. The third kappa shape index (κ3) is 4.96. The molecule has 0 spiro atoms. The Hall–Kier alpha value is -2.34. The average Bonchev–Trinajstić information content (AvgIpc) is 3.44. The van der Waals surface area contributed by atoms with Gasteiger partial charge in [0.05, 0.1) is 11.1 Å². The number of primary amides is 1. The van der Waals surface area contributed by atoms with Gasteiger partial charge in [-0.25, -0.2) is 4.98 Å². The Kier molecular flexibility index (Phi) is 6.34. The fourth-order valence-electron chi connectivity index (χ4n) is 4.56. The van der Waals surface area contributed by atoms with E-state index in [4.69, 9.17) is 5.73 Å². The highest BCUT2D eigenvalue weighted by Crippen LogP contribution is 2.43. The average molecular weight is 492 g/mol. The standard InChI is InChI=1S/C21H22F6N4OS/c22-20(23,24)12-9-14(18(28)32)17(19-29-16(11-33-19)21(25,26)27)15(10-12)31-7-3-13(4-8-31)30-5-1-2-6-30/h9-11,13H,1-8H2,(H2,28,32). The van der Waals surface area contributed by atoms with E-state index in [-0.39, 0.29) is 16.3 Å². The first-order valence-corrected chi connectivity index (χ1v) is 11.4. The van der Waals surface area contributed by atoms with E-state index in [1.807, 2.05) is 0 Å². The molecule has 12 heteroatoms. The number of piperidine rings is 1. The molecule has 1 amide bonds. The molecule has 2 aliphatic heterocycles. The Morgan fingerprint density at radius 2 is 1.64 bits per heavy atom. The van der Waals surface area contributed by atoms with Crippen molar-refractivity contribution in [3.8, 4) is 10.6 Å². The Bertz CT molecular complexity index is 1020. The predicted octanol–water partition coefficient (Wildman–Crippen LogP) is 5.01. The number of rotatable bonds is 4. The van der Waals surface area contributed by atoms with Gasteiger partial charge in [-0.3, -0.25) is 4.79 Å². The third-order valence-corrected chi connectivity index (χ3v) is 7.04. The van der Waals surface area contributed by atoms with Crippen LogP contribution in [0.3, 0.4) is 0 Å². The summed E-state index contributed by atoms with van der Waals surface area (Å²) in [6.07, 6.45) is -5.84. The van der Waals surface area contributed by atoms with Crippen LogP contribution < -0.4 is 10.6 Å². The molecule has 4 rings (SSSR count). The zero-order chi connectivity index (χ0) is 24.0. The first kappa shape index (κ1) is 23.8. The predicted molar refractivity (Wildman–Crippen MR) is 112 cm³/mol. The normalized spacial score (nSPS) is 18.8. The summed E-state index contributed by atoms with van der Waals surface area (Å²) in [7, 11) is 0. The van der Waals surface area contributed by atoms with Gasteiger partial charge in [0.15, 0.2) is 5.69 Å². The molecule has 0 bridgehead atoms. The van der Waals surface area contributed by atoms with E-state index in [0.29, 0.717) is 49.4 Å². The molecule has 180 valence electrons. The van der Waals surface area contributed by atoms with E-state index in [2.05, 4.69) is 9.88 Å². The highest BCUT2D eigenvalue weighted by Gasteiger charge is 2.38. The van der Waals surface area contributed by atoms with Gasteiger partial charge in [0.1, 0.15) is 5.01 Å². The number of alkyl halides is 6. The lowest BCUT2D eigenvalue weighted by molar-refractivity contribution is -0.140. The number of thiazole rings is 1. The number of anilines is 1. The zero-order valence-corrected chi connectivity index (χ0v) is 18.3. The summed E-state index contributed by atoms with van der Waals surface area (Å²) in [6.45, 7) is 2.80. The lowest BCUT2D eigenvalue weighted by atomic mass is 9.97. The van der Waals surface area contributed by atoms with Crippen molar-refractivity contribution in [2.75, 3.05) is 31.1 Å². The topological polar surface area (TPSA) is 62.5 Å². The van der Waals surface area contributed by atoms with Gasteiger partial charge >= 0.3 is 12.4 Å². The molecule has 0 unspecified atom stereocenters. The molecule has 2 saturated heterocycles. The third-order valence-electron chi connectivity index (χ3n) is 6.18. The van der Waals surface area contributed by atoms with Crippen molar-refractivity contribution in [3.63, 3.8) is 0 Å². The highest BCUT2D eigenvalue weighted by atomic mass is 32.1. The van der Waals surface area contributed by atoms with Crippen LogP contribution in [0, 0.1) is 0 Å². The van der Waals surface area contributed by atoms with Crippen LogP contribution in [0.15, 0.2) is 17.5 Å². The summed E-state index contributed by atoms with van der Waals surface area (Å²) < 4.78 is 80.2. The summed E-state index contributed by atoms with van der Waals surface area (Å²) in [5, 5.41) is 0.586. The van der Waals surface area contributed by atoms with Crippen molar-refractivity contribution in [2.24, 2.45) is 5.73 Å². The van der Waals surface area contributed by atoms with E-state index < -0.39 is 35.1 Å². The Balaban J connectivity index is 1.77. The summed E-state index contributed by atoms with van der Waals surface area (Å²) >= 11 is 0.619. The number of benzene rings is 1. The number of hydrogen-bond acceptors (Lipinski definition) is 5. The minimum absolute atomic E-state index is 0.0292. The Morgan fingerprint density at radius 1 is 1.00 bits per heavy atom. The maximum absolute atomic E-state index is 13.6. The van der Waals surface area contributed by atoms with E-state index in [0.717, 1.165) is 37.4 Å². The second kappa shape index (κ2) is 8.79. The van der Waals surface area contributed by atoms with E-state index in [1.165, 1.54) is 0 Å². The Labute approximate surface area is 190 Å². The number of amides is 1. The molecule has 0 atom stereocenters. The van der Waals surface area contributed by atoms with Crippen LogP contribution in [0.4, 0.5) is 32.0 Å². The molecule has 1 aromatic heterocycles. The molecule has 2 aliphatic rings. The molecule has 0 saturated carbocycles. The number of hydrogen-bond donors (Lipinski definition) is 1. The van der Waals surface area contributed by atoms with Gasteiger partial charge < -0.3 is 15.5 Å². The number of carbonyl (C=O) groups excluding carboxylic acids is 1. The lowest BCUT2D eigenvalue weighted by Gasteiger charge is -2.38. The van der Waals surface area contributed by atoms with Gasteiger partial charge in [-0.2, -0.15) is 26.3 Å². The molecule has 3 heterocycles. The van der Waals surface area contributed by atoms with Crippen molar-refractivity contribution in [2.45, 2.75) is 44.1 Å². The van der Waals surface area contributed by atoms with Crippen molar-refractivity contribution in [3.05, 3.63) is 34.3 Å². The first-order valence-electron chi connectivity index (χ1n) is 10.5. The quantitative estimate of drug-likeness (QED) is 0.610. The number of halogens is 6. The van der Waals surface area contributed by atoms with Crippen LogP contribution in [0.2, 0.25) is 0 Å². The number of aromatic nitrogens is 1. The van der Waals surface area contributed by atoms with Gasteiger partial charge in [-0.15, -0.1) is 11.3 Å². The van der Waals surface area contributed by atoms with Crippen molar-refractivity contribution in [1.82, 2.24) is 9.88 Å². The first-order chi connectivity index (χ1) is 15.4. The van der Waals surface area contributed by atoms with Gasteiger partial charge in [-0.05, 0) is 50.9 Å². The SMILES string of the molecule is NC(=O)c1cc(C(F)(F)F)cc(N2CCC(N3CCCC3)CC2)c1-c1nc(C(F)(F)F)cs1. The molecule has 5 nitrogen and oxygen atoms in total. The second-order valence-corrected chi connectivity index (χ2v) is 9.14. The summed E-state index contributed by atoms with van der Waals surface area (Å²) in [5.74, 6) is -1.16. The van der Waals surface area contributed by atoms with Gasteiger partial charge in [0, 0.05) is 35.8 Å². The summed E-state index contributed by atoms with van der Waals surface area (Å²) in [4.78, 5) is 19.8. The van der Waals surface area contributed by atoms with Crippen LogP contribution in [-0.4, -0.2) is 48.0 Å². The largest absolute Gasteiger partial charge is 0.434 e. The molecule has 0 aliphatic carbocycles. The second-order valence-electron chi connectivity index (χ2n) is 8.28. The van der Waals surface area contributed by atoms with Crippen LogP contribution in [0.1, 0.15) is 47.3 Å². The molecule has 33 heavy (non-hydrogen) atoms. The highest BCUT2D eigenvalue weighted by molar-refractivity contribution is 7.13. The molecular weight excluding hydrogens is 470 g/mol. The van der Waals surface area contributed by atoms with Crippen molar-refractivity contribution < 1.29 is 31.1 Å². The van der Waals surface area contributed by atoms with Crippen molar-refractivity contribution >= 4 is 22.9 Å². The fraction of sp³-hybridized carbons (Fsp3) is 0.524. The minimum atomic E-state index is -4.76. The Morgan fingerprint density at radius 3 is 2.15 bits per heavy atom. The van der Waals surface area contributed by atoms with Gasteiger partial charge in [0.25, 0.3) is 0 Å². The summed E-state index contributed by atoms with van der Waals surface area (Å²) in [5.41, 5.74) is 2.58. The van der Waals surface area contributed by atoms with Gasteiger partial charge in [-0.1, -0.05) is 0 Å². The van der Waals surface area contributed by atoms with E-state index in [9.17, 15) is 31.1 Å². The number of carbonyl (C=O) groups is 1. The molecule has 1 aromatic carbocycles. The molecule has 2 N–H and O–H groups in total. The van der Waals surface area contributed by atoms with E-state index in [1.54, 1.807) is 4.90 Å². The van der Waals surface area contributed by atoms with Crippen LogP contribution in [0.5, 0.6) is 0 Å². The van der Waals surface area contributed by atoms with Crippen LogP contribution in [-0.2, 0) is 12.4 Å². The number of likely N-dealkylation sites (tertiary alicyclic amines) is 1. The van der Waals surface area contributed by atoms with E-state index >= 15 is 0 Å². The molecule has 0 radical (unpaired) electrons. The zero-order valence-electron chi connectivity index (χ0n) is 17.5. The smallest absolute Gasteiger partial charge is 0.371 e. The number of nitrogens with zero attached hydrogens (tertiary/aromatic N) is 3. The van der Waals surface area contributed by atoms with Crippen molar-refractivity contribution in [1.29, 1.82) is 0 Å². The van der Waals surface area contributed by atoms with Crippen LogP contribution >= 0.6 is 11.3 Å². The van der Waals surface area contributed by atoms with Gasteiger partial charge in [0.2, 0.25) is 5.91 Å². The fourth-order valence-corrected chi connectivity index (χ4v) is 5.45. The maximum atomic E-state index is 13.6. The molecular formula is C21H22F6N4OS. The molecule has 2 aromatic rings. The summed E-state index contributed by atoms with van der Waals surface area (Å²) in [6, 6.07) is 1.78. The van der Waals surface area contributed by atoms with Crippen LogP contribution in [0.25, 0.3) is 10.6 Å². The molecule has 2 fully saturated rings. The maximum Gasteiger partial charge on any atom is 0.434 e. The number of nitrogens with two attached hydrogens (primary N) is 1. The lowest BCUT2D eigenvalue weighted by Crippen LogP contribution is -2.44.